The fourth-order valence-corrected chi connectivity index (χ4v) is 1.78. The molecule has 0 saturated carbocycles. The molecule has 1 atom stereocenters. The molecule has 1 fully saturated rings. The molecular formula is C12H15NO. The maximum Gasteiger partial charge on any atom is 0.0662 e. The summed E-state index contributed by atoms with van der Waals surface area (Å²) in [5, 5.41) is 3.44. The molecule has 0 aliphatic carbocycles. The Balaban J connectivity index is 2.24. The van der Waals surface area contributed by atoms with E-state index in [0.29, 0.717) is 6.04 Å². The van der Waals surface area contributed by atoms with Crippen LogP contribution in [0.3, 0.4) is 0 Å². The monoisotopic (exact) mass is 189 g/mol. The minimum atomic E-state index is 0.318. The van der Waals surface area contributed by atoms with E-state index in [-0.39, 0.29) is 0 Å². The molecule has 1 aromatic carbocycles. The minimum Gasteiger partial charge on any atom is -0.378 e. The molecule has 1 aromatic rings. The van der Waals surface area contributed by atoms with Crippen molar-refractivity contribution >= 4 is 6.08 Å². The van der Waals surface area contributed by atoms with Crippen LogP contribution in [0.15, 0.2) is 30.8 Å². The van der Waals surface area contributed by atoms with E-state index in [4.69, 9.17) is 4.74 Å². The summed E-state index contributed by atoms with van der Waals surface area (Å²) in [6, 6.07) is 8.61. The van der Waals surface area contributed by atoms with E-state index in [1.165, 1.54) is 11.1 Å². The fourth-order valence-electron chi connectivity index (χ4n) is 1.78. The molecule has 2 heteroatoms. The second kappa shape index (κ2) is 4.40. The summed E-state index contributed by atoms with van der Waals surface area (Å²) in [5.74, 6) is 0. The fraction of sp³-hybridized carbons (Fsp3) is 0.333. The first kappa shape index (κ1) is 9.44. The largest absolute Gasteiger partial charge is 0.378 e. The molecule has 0 bridgehead atoms. The first-order chi connectivity index (χ1) is 6.92. The van der Waals surface area contributed by atoms with Crippen molar-refractivity contribution in [3.63, 3.8) is 0 Å². The molecule has 0 spiro atoms. The zero-order valence-electron chi connectivity index (χ0n) is 8.20. The van der Waals surface area contributed by atoms with Crippen LogP contribution < -0.4 is 5.32 Å². The Morgan fingerprint density at radius 2 is 2.29 bits per heavy atom. The summed E-state index contributed by atoms with van der Waals surface area (Å²) in [6.07, 6.45) is 1.89. The van der Waals surface area contributed by atoms with Crippen molar-refractivity contribution in [3.8, 4) is 0 Å². The highest BCUT2D eigenvalue weighted by Crippen LogP contribution is 2.20. The lowest BCUT2D eigenvalue weighted by Crippen LogP contribution is -2.34. The van der Waals surface area contributed by atoms with Gasteiger partial charge in [0.15, 0.2) is 0 Å². The van der Waals surface area contributed by atoms with E-state index in [2.05, 4.69) is 30.1 Å². The minimum absolute atomic E-state index is 0.318. The Bertz CT molecular complexity index is 316. The van der Waals surface area contributed by atoms with Crippen LogP contribution in [-0.4, -0.2) is 19.8 Å². The maximum atomic E-state index is 5.44. The van der Waals surface area contributed by atoms with Gasteiger partial charge in [-0.3, -0.25) is 0 Å². The van der Waals surface area contributed by atoms with Crippen LogP contribution in [-0.2, 0) is 4.74 Å². The molecular weight excluding hydrogens is 174 g/mol. The van der Waals surface area contributed by atoms with Crippen molar-refractivity contribution in [2.24, 2.45) is 0 Å². The smallest absolute Gasteiger partial charge is 0.0662 e. The summed E-state index contributed by atoms with van der Waals surface area (Å²) >= 11 is 0. The Morgan fingerprint density at radius 1 is 1.43 bits per heavy atom. The van der Waals surface area contributed by atoms with Crippen LogP contribution in [0.5, 0.6) is 0 Å². The number of morpholine rings is 1. The Morgan fingerprint density at radius 3 is 3.00 bits per heavy atom. The van der Waals surface area contributed by atoms with Gasteiger partial charge in [0.25, 0.3) is 0 Å². The van der Waals surface area contributed by atoms with Gasteiger partial charge in [0.1, 0.15) is 0 Å². The van der Waals surface area contributed by atoms with Crippen molar-refractivity contribution in [1.82, 2.24) is 5.32 Å². The number of hydrogen-bond donors (Lipinski definition) is 1. The molecule has 0 radical (unpaired) electrons. The Hall–Kier alpha value is -1.12. The van der Waals surface area contributed by atoms with Gasteiger partial charge in [-0.1, -0.05) is 36.9 Å². The van der Waals surface area contributed by atoms with E-state index in [1.807, 2.05) is 12.1 Å². The van der Waals surface area contributed by atoms with E-state index in [0.717, 1.165) is 19.8 Å². The summed E-state index contributed by atoms with van der Waals surface area (Å²) in [7, 11) is 0. The highest BCUT2D eigenvalue weighted by Gasteiger charge is 2.16. The van der Waals surface area contributed by atoms with Crippen LogP contribution >= 0.6 is 0 Å². The number of rotatable bonds is 2. The van der Waals surface area contributed by atoms with Gasteiger partial charge in [-0.15, -0.1) is 0 Å². The number of benzene rings is 1. The van der Waals surface area contributed by atoms with Crippen LogP contribution in [0.2, 0.25) is 0 Å². The zero-order valence-corrected chi connectivity index (χ0v) is 8.20. The summed E-state index contributed by atoms with van der Waals surface area (Å²) in [4.78, 5) is 0. The SMILES string of the molecule is C=Cc1ccccc1[C@H]1COCCN1. The van der Waals surface area contributed by atoms with Crippen molar-refractivity contribution in [2.45, 2.75) is 6.04 Å². The highest BCUT2D eigenvalue weighted by atomic mass is 16.5. The maximum absolute atomic E-state index is 5.44. The van der Waals surface area contributed by atoms with Gasteiger partial charge < -0.3 is 10.1 Å². The van der Waals surface area contributed by atoms with Gasteiger partial charge in [0, 0.05) is 6.54 Å². The first-order valence-corrected chi connectivity index (χ1v) is 4.94. The average Bonchev–Trinajstić information content (AvgIpc) is 2.30. The van der Waals surface area contributed by atoms with Crippen LogP contribution in [0.25, 0.3) is 6.08 Å². The quantitative estimate of drug-likeness (QED) is 0.768. The Kier molecular flexibility index (Phi) is 2.96. The lowest BCUT2D eigenvalue weighted by molar-refractivity contribution is 0.0768. The zero-order chi connectivity index (χ0) is 9.80. The molecule has 1 aliphatic heterocycles. The van der Waals surface area contributed by atoms with Crippen molar-refractivity contribution in [2.75, 3.05) is 19.8 Å². The van der Waals surface area contributed by atoms with Crippen molar-refractivity contribution in [1.29, 1.82) is 0 Å². The van der Waals surface area contributed by atoms with Gasteiger partial charge in [-0.25, -0.2) is 0 Å². The van der Waals surface area contributed by atoms with Gasteiger partial charge in [-0.2, -0.15) is 0 Å². The predicted molar refractivity (Wildman–Crippen MR) is 58.1 cm³/mol. The van der Waals surface area contributed by atoms with Crippen molar-refractivity contribution < 1.29 is 4.74 Å². The average molecular weight is 189 g/mol. The molecule has 74 valence electrons. The van der Waals surface area contributed by atoms with E-state index in [1.54, 1.807) is 0 Å². The number of hydrogen-bond acceptors (Lipinski definition) is 2. The van der Waals surface area contributed by atoms with Gasteiger partial charge >= 0.3 is 0 Å². The van der Waals surface area contributed by atoms with E-state index >= 15 is 0 Å². The van der Waals surface area contributed by atoms with E-state index < -0.39 is 0 Å². The molecule has 14 heavy (non-hydrogen) atoms. The molecule has 1 heterocycles. The molecule has 0 aromatic heterocycles. The normalized spacial score (nSPS) is 21.9. The molecule has 2 rings (SSSR count). The number of nitrogens with one attached hydrogen (secondary N) is 1. The molecule has 0 amide bonds. The second-order valence-corrected chi connectivity index (χ2v) is 3.41. The standard InChI is InChI=1S/C12H15NO/c1-2-10-5-3-4-6-11(10)12-9-14-8-7-13-12/h2-6,12-13H,1,7-9H2/t12-/m1/s1. The summed E-state index contributed by atoms with van der Waals surface area (Å²) in [6.45, 7) is 6.31. The molecule has 2 nitrogen and oxygen atoms in total. The predicted octanol–water partition coefficient (Wildman–Crippen LogP) is 1.99. The van der Waals surface area contributed by atoms with Gasteiger partial charge in [-0.05, 0) is 11.1 Å². The topological polar surface area (TPSA) is 21.3 Å². The molecule has 1 aliphatic rings. The lowest BCUT2D eigenvalue weighted by atomic mass is 10.0. The highest BCUT2D eigenvalue weighted by molar-refractivity contribution is 5.52. The third-order valence-corrected chi connectivity index (χ3v) is 2.51. The van der Waals surface area contributed by atoms with Crippen molar-refractivity contribution in [3.05, 3.63) is 42.0 Å². The summed E-state index contributed by atoms with van der Waals surface area (Å²) in [5.41, 5.74) is 2.47. The first-order valence-electron chi connectivity index (χ1n) is 4.94. The van der Waals surface area contributed by atoms with Crippen LogP contribution in [0.4, 0.5) is 0 Å². The van der Waals surface area contributed by atoms with Gasteiger partial charge in [0.05, 0.1) is 19.3 Å². The third-order valence-electron chi connectivity index (χ3n) is 2.51. The molecule has 1 N–H and O–H groups in total. The van der Waals surface area contributed by atoms with Gasteiger partial charge in [0.2, 0.25) is 0 Å². The summed E-state index contributed by atoms with van der Waals surface area (Å²) < 4.78 is 5.44. The van der Waals surface area contributed by atoms with E-state index in [9.17, 15) is 0 Å². The Labute approximate surface area is 84.6 Å². The second-order valence-electron chi connectivity index (χ2n) is 3.41. The van der Waals surface area contributed by atoms with Crippen LogP contribution in [0, 0.1) is 0 Å². The van der Waals surface area contributed by atoms with Crippen LogP contribution in [0.1, 0.15) is 17.2 Å². The molecule has 0 unspecified atom stereocenters. The molecule has 1 saturated heterocycles. The number of ether oxygens (including phenoxy) is 1. The lowest BCUT2D eigenvalue weighted by Gasteiger charge is -2.25. The third kappa shape index (κ3) is 1.86.